The van der Waals surface area contributed by atoms with E-state index in [9.17, 15) is 23.4 Å². The fraction of sp³-hybridized carbons (Fsp3) is 0.917. The molecule has 1 rings (SSSR count). The molecule has 0 aromatic heterocycles. The molecule has 1 fully saturated rings. The topological polar surface area (TPSA) is 142 Å². The molecule has 1 saturated heterocycles. The molecule has 4 N–H and O–H groups in total. The highest BCUT2D eigenvalue weighted by Crippen LogP contribution is 2.34. The lowest BCUT2D eigenvalue weighted by atomic mass is 9.78. The van der Waals surface area contributed by atoms with Crippen LogP contribution in [0.1, 0.15) is 27.7 Å². The Morgan fingerprint density at radius 2 is 1.91 bits per heavy atom. The highest BCUT2D eigenvalue weighted by atomic mass is 32.3. The van der Waals surface area contributed by atoms with Gasteiger partial charge in [-0.05, 0) is 5.41 Å². The van der Waals surface area contributed by atoms with Gasteiger partial charge < -0.3 is 20.3 Å². The second-order valence-electron chi connectivity index (χ2n) is 6.35. The van der Waals surface area contributed by atoms with Crippen molar-refractivity contribution in [3.63, 3.8) is 0 Å². The van der Waals surface area contributed by atoms with Crippen LogP contribution in [0.5, 0.6) is 0 Å². The Bertz CT molecular complexity index is 500. The quantitative estimate of drug-likeness (QED) is 0.469. The van der Waals surface area contributed by atoms with Crippen LogP contribution in [-0.4, -0.2) is 66.2 Å². The Kier molecular flexibility index (Phi) is 5.93. The Labute approximate surface area is 129 Å². The fourth-order valence-electron chi connectivity index (χ4n) is 2.50. The van der Waals surface area contributed by atoms with Crippen molar-refractivity contribution < 1.29 is 36.9 Å². The monoisotopic (exact) mass is 341 g/mol. The molecule has 0 aromatic rings. The maximum atomic E-state index is 11.3. The largest absolute Gasteiger partial charge is 0.397 e. The molecule has 1 amide bonds. The summed E-state index contributed by atoms with van der Waals surface area (Å²) in [5, 5.41) is 22.2. The first-order chi connectivity index (χ1) is 9.86. The summed E-state index contributed by atoms with van der Waals surface area (Å²) < 4.78 is 40.7. The Morgan fingerprint density at radius 3 is 2.27 bits per heavy atom. The molecule has 0 spiro atoms. The van der Waals surface area contributed by atoms with Crippen LogP contribution >= 0.6 is 0 Å². The highest BCUT2D eigenvalue weighted by molar-refractivity contribution is 7.80. The van der Waals surface area contributed by atoms with Gasteiger partial charge >= 0.3 is 10.4 Å². The molecule has 1 aliphatic rings. The lowest BCUT2D eigenvalue weighted by Crippen LogP contribution is -2.67. The zero-order chi connectivity index (χ0) is 17.3. The molecule has 0 aliphatic carbocycles. The standard InChI is InChI=1S/C12H23NO8S/c1-6(15)13-8-9(16)10(21-22(17,18)19)7(5-14)20-11(8)12(2,3)4/h7-11,14,16H,5H2,1-4H3,(H,13,15)(H,17,18,19). The van der Waals surface area contributed by atoms with E-state index in [2.05, 4.69) is 9.50 Å². The van der Waals surface area contributed by atoms with E-state index in [4.69, 9.17) is 9.29 Å². The van der Waals surface area contributed by atoms with Gasteiger partial charge in [0.2, 0.25) is 5.91 Å². The lowest BCUT2D eigenvalue weighted by Gasteiger charge is -2.48. The number of amides is 1. The van der Waals surface area contributed by atoms with E-state index in [1.165, 1.54) is 6.92 Å². The number of hydrogen-bond acceptors (Lipinski definition) is 7. The zero-order valence-electron chi connectivity index (χ0n) is 12.9. The lowest BCUT2D eigenvalue weighted by molar-refractivity contribution is -0.210. The number of carbonyl (C=O) groups is 1. The summed E-state index contributed by atoms with van der Waals surface area (Å²) in [6.45, 7) is 6.02. The van der Waals surface area contributed by atoms with Gasteiger partial charge in [0.1, 0.15) is 18.3 Å². The predicted molar refractivity (Wildman–Crippen MR) is 75.2 cm³/mol. The maximum Gasteiger partial charge on any atom is 0.397 e. The minimum absolute atomic E-state index is 0.449. The molecule has 1 aliphatic heterocycles. The van der Waals surface area contributed by atoms with Crippen molar-refractivity contribution >= 4 is 16.3 Å². The Hall–Kier alpha value is -0.780. The van der Waals surface area contributed by atoms with Gasteiger partial charge in [-0.25, -0.2) is 4.18 Å². The van der Waals surface area contributed by atoms with Gasteiger partial charge in [-0.15, -0.1) is 0 Å². The van der Waals surface area contributed by atoms with Crippen LogP contribution in [0.2, 0.25) is 0 Å². The molecule has 22 heavy (non-hydrogen) atoms. The van der Waals surface area contributed by atoms with Gasteiger partial charge in [0.25, 0.3) is 0 Å². The molecule has 9 nitrogen and oxygen atoms in total. The second kappa shape index (κ2) is 6.77. The normalized spacial score (nSPS) is 33.5. The first-order valence-corrected chi connectivity index (χ1v) is 8.10. The molecule has 130 valence electrons. The summed E-state index contributed by atoms with van der Waals surface area (Å²) in [5.41, 5.74) is -0.523. The van der Waals surface area contributed by atoms with E-state index in [0.717, 1.165) is 0 Å². The molecule has 0 bridgehead atoms. The minimum Gasteiger partial charge on any atom is -0.394 e. The number of aliphatic hydroxyl groups excluding tert-OH is 2. The van der Waals surface area contributed by atoms with Gasteiger partial charge in [-0.2, -0.15) is 8.42 Å². The number of carbonyl (C=O) groups excluding carboxylic acids is 1. The van der Waals surface area contributed by atoms with Crippen LogP contribution in [0.3, 0.4) is 0 Å². The van der Waals surface area contributed by atoms with Gasteiger partial charge in [-0.3, -0.25) is 9.35 Å². The van der Waals surface area contributed by atoms with E-state index in [1.54, 1.807) is 20.8 Å². The average Bonchev–Trinajstić information content (AvgIpc) is 2.31. The SMILES string of the molecule is CC(=O)NC1C(O)C(OS(=O)(=O)O)C(CO)OC1C(C)(C)C. The first kappa shape index (κ1) is 19.3. The molecule has 5 unspecified atom stereocenters. The summed E-state index contributed by atoms with van der Waals surface area (Å²) in [6, 6.07) is -0.966. The van der Waals surface area contributed by atoms with Gasteiger partial charge in [0.05, 0.1) is 18.8 Å². The minimum atomic E-state index is -4.87. The Balaban J connectivity index is 3.16. The van der Waals surface area contributed by atoms with E-state index < -0.39 is 58.8 Å². The van der Waals surface area contributed by atoms with E-state index in [-0.39, 0.29) is 0 Å². The van der Waals surface area contributed by atoms with Crippen molar-refractivity contribution in [1.29, 1.82) is 0 Å². The third-order valence-electron chi connectivity index (χ3n) is 3.35. The van der Waals surface area contributed by atoms with E-state index in [0.29, 0.717) is 0 Å². The van der Waals surface area contributed by atoms with Crippen LogP contribution in [0.4, 0.5) is 0 Å². The molecular formula is C12H23NO8S. The first-order valence-electron chi connectivity index (χ1n) is 6.74. The fourth-order valence-corrected chi connectivity index (χ4v) is 3.02. The molecule has 0 saturated carbocycles. The third-order valence-corrected chi connectivity index (χ3v) is 3.82. The van der Waals surface area contributed by atoms with Crippen LogP contribution in [-0.2, 0) is 24.1 Å². The Morgan fingerprint density at radius 1 is 1.36 bits per heavy atom. The van der Waals surface area contributed by atoms with Crippen molar-refractivity contribution in [3.8, 4) is 0 Å². The van der Waals surface area contributed by atoms with Crippen molar-refractivity contribution in [3.05, 3.63) is 0 Å². The molecule has 1 heterocycles. The molecule has 10 heteroatoms. The average molecular weight is 341 g/mol. The van der Waals surface area contributed by atoms with Crippen molar-refractivity contribution in [2.75, 3.05) is 6.61 Å². The van der Waals surface area contributed by atoms with E-state index >= 15 is 0 Å². The summed E-state index contributed by atoms with van der Waals surface area (Å²) in [5.74, 6) is -0.449. The predicted octanol–water partition coefficient (Wildman–Crippen LogP) is -1.15. The smallest absolute Gasteiger partial charge is 0.394 e. The number of aliphatic hydroxyl groups is 2. The third kappa shape index (κ3) is 4.86. The van der Waals surface area contributed by atoms with Gasteiger partial charge in [-0.1, -0.05) is 20.8 Å². The number of nitrogens with one attached hydrogen (secondary N) is 1. The van der Waals surface area contributed by atoms with Crippen molar-refractivity contribution in [2.45, 2.75) is 58.2 Å². The van der Waals surface area contributed by atoms with Crippen LogP contribution in [0.15, 0.2) is 0 Å². The van der Waals surface area contributed by atoms with Crippen molar-refractivity contribution in [2.24, 2.45) is 5.41 Å². The van der Waals surface area contributed by atoms with Crippen LogP contribution in [0.25, 0.3) is 0 Å². The summed E-state index contributed by atoms with van der Waals surface area (Å²) in [4.78, 5) is 11.3. The molecule has 5 atom stereocenters. The van der Waals surface area contributed by atoms with Gasteiger partial charge in [0, 0.05) is 6.92 Å². The summed E-state index contributed by atoms with van der Waals surface area (Å²) in [6.07, 6.45) is -4.92. The molecule has 0 aromatic carbocycles. The number of hydrogen-bond donors (Lipinski definition) is 4. The number of rotatable bonds is 4. The maximum absolute atomic E-state index is 11.3. The van der Waals surface area contributed by atoms with Crippen LogP contribution in [0, 0.1) is 5.41 Å². The van der Waals surface area contributed by atoms with Gasteiger partial charge in [0.15, 0.2) is 0 Å². The highest BCUT2D eigenvalue weighted by Gasteiger charge is 2.51. The zero-order valence-corrected chi connectivity index (χ0v) is 13.7. The summed E-state index contributed by atoms with van der Waals surface area (Å²) >= 11 is 0. The summed E-state index contributed by atoms with van der Waals surface area (Å²) in [7, 11) is -4.87. The second-order valence-corrected chi connectivity index (χ2v) is 7.40. The molecule has 0 radical (unpaired) electrons. The molecular weight excluding hydrogens is 318 g/mol. The van der Waals surface area contributed by atoms with Crippen LogP contribution < -0.4 is 5.32 Å². The van der Waals surface area contributed by atoms with E-state index in [1.807, 2.05) is 0 Å². The van der Waals surface area contributed by atoms with Crippen molar-refractivity contribution in [1.82, 2.24) is 5.32 Å². The number of ether oxygens (including phenoxy) is 1.